The minimum atomic E-state index is 0.527. The van der Waals surface area contributed by atoms with Crippen LogP contribution in [-0.4, -0.2) is 34.7 Å². The molecule has 3 N–H and O–H groups in total. The van der Waals surface area contributed by atoms with E-state index in [1.807, 2.05) is 12.1 Å². The lowest BCUT2D eigenvalue weighted by Crippen LogP contribution is -2.37. The highest BCUT2D eigenvalue weighted by atomic mass is 16.3. The fourth-order valence-corrected chi connectivity index (χ4v) is 2.16. The van der Waals surface area contributed by atoms with Crippen LogP contribution in [0.1, 0.15) is 38.9 Å². The molecule has 2 aromatic heterocycles. The Morgan fingerprint density at radius 3 is 2.91 bits per heavy atom. The molecule has 0 fully saturated rings. The van der Waals surface area contributed by atoms with Crippen LogP contribution in [0.4, 0.5) is 0 Å². The van der Waals surface area contributed by atoms with Crippen LogP contribution in [0.3, 0.4) is 0 Å². The maximum atomic E-state index is 5.27. The van der Waals surface area contributed by atoms with Crippen molar-refractivity contribution in [2.75, 3.05) is 13.6 Å². The van der Waals surface area contributed by atoms with Gasteiger partial charge in [-0.25, -0.2) is 4.98 Å². The van der Waals surface area contributed by atoms with E-state index in [9.17, 15) is 0 Å². The molecule has 0 aliphatic carbocycles. The van der Waals surface area contributed by atoms with E-state index in [2.05, 4.69) is 44.7 Å². The molecule has 0 unspecified atom stereocenters. The van der Waals surface area contributed by atoms with E-state index in [0.717, 1.165) is 30.7 Å². The molecule has 2 aromatic rings. The molecule has 0 amide bonds. The maximum Gasteiger partial charge on any atom is 0.216 e. The fourth-order valence-electron chi connectivity index (χ4n) is 2.16. The van der Waals surface area contributed by atoms with Gasteiger partial charge in [0.05, 0.1) is 12.8 Å². The molecular formula is C16H26N6O. The van der Waals surface area contributed by atoms with Crippen molar-refractivity contribution >= 4 is 5.96 Å². The van der Waals surface area contributed by atoms with Gasteiger partial charge in [0.25, 0.3) is 0 Å². The Bertz CT molecular complexity index is 587. The molecule has 0 aliphatic heterocycles. The van der Waals surface area contributed by atoms with Crippen LogP contribution in [0, 0.1) is 5.92 Å². The molecule has 2 rings (SSSR count). The van der Waals surface area contributed by atoms with Gasteiger partial charge in [0, 0.05) is 13.6 Å². The summed E-state index contributed by atoms with van der Waals surface area (Å²) in [7, 11) is 1.76. The number of nitrogens with zero attached hydrogens (tertiary/aromatic N) is 3. The number of aliphatic imine (C=N–C) groups is 1. The van der Waals surface area contributed by atoms with E-state index < -0.39 is 0 Å². The lowest BCUT2D eigenvalue weighted by atomic mass is 10.1. The van der Waals surface area contributed by atoms with Crippen LogP contribution < -0.4 is 10.6 Å². The molecular weight excluding hydrogens is 292 g/mol. The fraction of sp³-hybridized carbons (Fsp3) is 0.562. The van der Waals surface area contributed by atoms with Crippen molar-refractivity contribution in [2.24, 2.45) is 10.9 Å². The van der Waals surface area contributed by atoms with Gasteiger partial charge in [-0.1, -0.05) is 26.7 Å². The first-order chi connectivity index (χ1) is 11.2. The van der Waals surface area contributed by atoms with Crippen LogP contribution in [-0.2, 0) is 6.54 Å². The first kappa shape index (κ1) is 17.1. The highest BCUT2D eigenvalue weighted by Gasteiger charge is 2.08. The molecule has 0 radical (unpaired) electrons. The van der Waals surface area contributed by atoms with Crippen molar-refractivity contribution in [1.82, 2.24) is 25.8 Å². The van der Waals surface area contributed by atoms with Crippen molar-refractivity contribution in [3.8, 4) is 11.6 Å². The van der Waals surface area contributed by atoms with Gasteiger partial charge in [-0.15, -0.1) is 5.10 Å². The van der Waals surface area contributed by atoms with Crippen molar-refractivity contribution < 1.29 is 4.42 Å². The monoisotopic (exact) mass is 318 g/mol. The number of H-pyrrole nitrogens is 1. The maximum absolute atomic E-state index is 5.27. The summed E-state index contributed by atoms with van der Waals surface area (Å²) in [6.07, 6.45) is 5.25. The third-order valence-corrected chi connectivity index (χ3v) is 3.42. The summed E-state index contributed by atoms with van der Waals surface area (Å²) in [5.41, 5.74) is 0. The summed E-state index contributed by atoms with van der Waals surface area (Å²) in [6, 6.07) is 3.65. The molecule has 0 aliphatic rings. The van der Waals surface area contributed by atoms with Gasteiger partial charge < -0.3 is 15.1 Å². The van der Waals surface area contributed by atoms with Crippen LogP contribution in [0.15, 0.2) is 27.8 Å². The Balaban J connectivity index is 1.71. The van der Waals surface area contributed by atoms with Crippen molar-refractivity contribution in [3.05, 3.63) is 24.2 Å². The lowest BCUT2D eigenvalue weighted by molar-refractivity contribution is 0.534. The molecule has 0 saturated heterocycles. The first-order valence-electron chi connectivity index (χ1n) is 8.08. The summed E-state index contributed by atoms with van der Waals surface area (Å²) in [5, 5.41) is 13.6. The summed E-state index contributed by atoms with van der Waals surface area (Å²) in [4.78, 5) is 8.59. The Morgan fingerprint density at radius 2 is 2.22 bits per heavy atom. The Morgan fingerprint density at radius 1 is 1.35 bits per heavy atom. The molecule has 0 bridgehead atoms. The number of hydrogen-bond acceptors (Lipinski definition) is 4. The van der Waals surface area contributed by atoms with Crippen LogP contribution in [0.2, 0.25) is 0 Å². The largest absolute Gasteiger partial charge is 0.461 e. The Kier molecular flexibility index (Phi) is 6.65. The van der Waals surface area contributed by atoms with E-state index in [1.54, 1.807) is 13.3 Å². The predicted molar refractivity (Wildman–Crippen MR) is 91.0 cm³/mol. The third-order valence-electron chi connectivity index (χ3n) is 3.42. The highest BCUT2D eigenvalue weighted by Crippen LogP contribution is 2.14. The van der Waals surface area contributed by atoms with Crippen LogP contribution >= 0.6 is 0 Å². The van der Waals surface area contributed by atoms with Crippen LogP contribution in [0.25, 0.3) is 11.6 Å². The highest BCUT2D eigenvalue weighted by molar-refractivity contribution is 5.79. The van der Waals surface area contributed by atoms with Crippen molar-refractivity contribution in [2.45, 2.75) is 39.7 Å². The first-order valence-corrected chi connectivity index (χ1v) is 8.08. The standard InChI is InChI=1S/C16H26N6O/c1-12(2)7-4-5-9-18-16(17-3)19-11-14-20-15(22-21-14)13-8-6-10-23-13/h6,8,10,12H,4-5,7,9,11H2,1-3H3,(H2,17,18,19)(H,20,21,22). The lowest BCUT2D eigenvalue weighted by Gasteiger charge is -2.11. The number of hydrogen-bond donors (Lipinski definition) is 3. The smallest absolute Gasteiger partial charge is 0.216 e. The average Bonchev–Trinajstić information content (AvgIpc) is 3.20. The number of aromatic nitrogens is 3. The third kappa shape index (κ3) is 5.77. The zero-order valence-electron chi connectivity index (χ0n) is 14.1. The summed E-state index contributed by atoms with van der Waals surface area (Å²) < 4.78 is 5.27. The molecule has 23 heavy (non-hydrogen) atoms. The number of furan rings is 1. The molecule has 7 heteroatoms. The van der Waals surface area contributed by atoms with E-state index in [1.165, 1.54) is 12.8 Å². The van der Waals surface area contributed by atoms with Crippen LogP contribution in [0.5, 0.6) is 0 Å². The topological polar surface area (TPSA) is 91.1 Å². The predicted octanol–water partition coefficient (Wildman–Crippen LogP) is 2.56. The molecule has 7 nitrogen and oxygen atoms in total. The number of aromatic amines is 1. The average molecular weight is 318 g/mol. The number of guanidine groups is 1. The number of nitrogens with one attached hydrogen (secondary N) is 3. The van der Waals surface area contributed by atoms with E-state index in [4.69, 9.17) is 4.42 Å². The van der Waals surface area contributed by atoms with Crippen molar-refractivity contribution in [3.63, 3.8) is 0 Å². The summed E-state index contributed by atoms with van der Waals surface area (Å²) in [6.45, 7) is 5.95. The van der Waals surface area contributed by atoms with Gasteiger partial charge in [-0.3, -0.25) is 10.1 Å². The number of unbranched alkanes of at least 4 members (excludes halogenated alkanes) is 1. The molecule has 0 saturated carbocycles. The minimum Gasteiger partial charge on any atom is -0.461 e. The van der Waals surface area contributed by atoms with Gasteiger partial charge in [0.15, 0.2) is 11.7 Å². The second-order valence-corrected chi connectivity index (χ2v) is 5.83. The normalized spacial score (nSPS) is 11.9. The van der Waals surface area contributed by atoms with Gasteiger partial charge in [0.2, 0.25) is 5.82 Å². The van der Waals surface area contributed by atoms with Crippen molar-refractivity contribution in [1.29, 1.82) is 0 Å². The minimum absolute atomic E-state index is 0.527. The zero-order chi connectivity index (χ0) is 16.5. The quantitative estimate of drug-likeness (QED) is 0.395. The zero-order valence-corrected chi connectivity index (χ0v) is 14.1. The van der Waals surface area contributed by atoms with Gasteiger partial charge >= 0.3 is 0 Å². The molecule has 0 atom stereocenters. The SMILES string of the molecule is CN=C(NCCCCC(C)C)NCc1nc(-c2ccco2)n[nH]1. The molecule has 2 heterocycles. The van der Waals surface area contributed by atoms with E-state index in [-0.39, 0.29) is 0 Å². The van der Waals surface area contributed by atoms with E-state index in [0.29, 0.717) is 18.1 Å². The summed E-state index contributed by atoms with van der Waals surface area (Å²) in [5.74, 6) is 3.48. The number of rotatable bonds is 8. The second kappa shape index (κ2) is 8.97. The van der Waals surface area contributed by atoms with Gasteiger partial charge in [0.1, 0.15) is 5.82 Å². The molecule has 0 spiro atoms. The second-order valence-electron chi connectivity index (χ2n) is 5.83. The summed E-state index contributed by atoms with van der Waals surface area (Å²) >= 11 is 0. The van der Waals surface area contributed by atoms with E-state index >= 15 is 0 Å². The molecule has 0 aromatic carbocycles. The Hall–Kier alpha value is -2.31. The Labute approximate surface area is 137 Å². The molecule has 126 valence electrons. The van der Waals surface area contributed by atoms with Gasteiger partial charge in [-0.2, -0.15) is 0 Å². The van der Waals surface area contributed by atoms with Gasteiger partial charge in [-0.05, 0) is 24.5 Å².